The van der Waals surface area contributed by atoms with E-state index in [2.05, 4.69) is 4.98 Å². The first-order chi connectivity index (χ1) is 10.0. The second-order valence-electron chi connectivity index (χ2n) is 3.87. The first kappa shape index (κ1) is 14.9. The van der Waals surface area contributed by atoms with Crippen LogP contribution in [0.15, 0.2) is 30.3 Å². The lowest BCUT2D eigenvalue weighted by atomic mass is 10.3. The Hall–Kier alpha value is -2.54. The number of ether oxygens (including phenoxy) is 3. The maximum atomic E-state index is 11.0. The standard InChI is InChI=1S/C13H11ClN2O5/c1-19-8-5-9(20-2)7-10(6-8)21-13-11(16(17)18)3-4-12(14)15-13/h3-7H,1-2H3. The average molecular weight is 311 g/mol. The van der Waals surface area contributed by atoms with Gasteiger partial charge in [0.15, 0.2) is 0 Å². The molecule has 0 unspecified atom stereocenters. The minimum atomic E-state index is -0.601. The third kappa shape index (κ3) is 3.51. The number of rotatable bonds is 5. The van der Waals surface area contributed by atoms with E-state index in [0.717, 1.165) is 0 Å². The molecule has 0 amide bonds. The molecule has 0 saturated carbocycles. The number of methoxy groups -OCH3 is 2. The molecule has 2 aromatic rings. The molecule has 0 aliphatic heterocycles. The number of aromatic nitrogens is 1. The highest BCUT2D eigenvalue weighted by Crippen LogP contribution is 2.34. The zero-order valence-electron chi connectivity index (χ0n) is 11.2. The van der Waals surface area contributed by atoms with Crippen LogP contribution in [0.4, 0.5) is 5.69 Å². The van der Waals surface area contributed by atoms with E-state index in [9.17, 15) is 10.1 Å². The molecule has 0 fully saturated rings. The van der Waals surface area contributed by atoms with Crippen molar-refractivity contribution in [2.75, 3.05) is 14.2 Å². The Morgan fingerprint density at radius 2 is 1.67 bits per heavy atom. The Morgan fingerprint density at radius 3 is 2.19 bits per heavy atom. The molecule has 0 radical (unpaired) electrons. The molecular weight excluding hydrogens is 300 g/mol. The van der Waals surface area contributed by atoms with Crippen molar-refractivity contribution in [3.8, 4) is 23.1 Å². The molecule has 2 rings (SSSR count). The lowest BCUT2D eigenvalue weighted by molar-refractivity contribution is -0.386. The van der Waals surface area contributed by atoms with E-state index < -0.39 is 4.92 Å². The summed E-state index contributed by atoms with van der Waals surface area (Å²) in [5.41, 5.74) is -0.291. The Balaban J connectivity index is 2.42. The highest BCUT2D eigenvalue weighted by atomic mass is 35.5. The van der Waals surface area contributed by atoms with E-state index in [1.807, 2.05) is 0 Å². The fourth-order valence-corrected chi connectivity index (χ4v) is 1.72. The molecule has 8 heteroatoms. The third-order valence-electron chi connectivity index (χ3n) is 2.54. The van der Waals surface area contributed by atoms with Crippen molar-refractivity contribution in [3.63, 3.8) is 0 Å². The third-order valence-corrected chi connectivity index (χ3v) is 2.75. The molecule has 0 saturated heterocycles. The van der Waals surface area contributed by atoms with Gasteiger partial charge in [0.25, 0.3) is 0 Å². The summed E-state index contributed by atoms with van der Waals surface area (Å²) in [6.07, 6.45) is 0. The number of hydrogen-bond acceptors (Lipinski definition) is 6. The van der Waals surface area contributed by atoms with Gasteiger partial charge in [0.2, 0.25) is 0 Å². The smallest absolute Gasteiger partial charge is 0.331 e. The van der Waals surface area contributed by atoms with Crippen LogP contribution < -0.4 is 14.2 Å². The van der Waals surface area contributed by atoms with Gasteiger partial charge in [0.1, 0.15) is 22.4 Å². The number of nitrogens with zero attached hydrogens (tertiary/aromatic N) is 2. The Morgan fingerprint density at radius 1 is 1.10 bits per heavy atom. The van der Waals surface area contributed by atoms with E-state index in [1.54, 1.807) is 18.2 Å². The molecule has 21 heavy (non-hydrogen) atoms. The van der Waals surface area contributed by atoms with Crippen molar-refractivity contribution in [2.45, 2.75) is 0 Å². The van der Waals surface area contributed by atoms with Gasteiger partial charge in [-0.05, 0) is 6.07 Å². The Kier molecular flexibility index (Phi) is 4.44. The molecule has 0 spiro atoms. The van der Waals surface area contributed by atoms with E-state index in [4.69, 9.17) is 25.8 Å². The van der Waals surface area contributed by atoms with Crippen molar-refractivity contribution < 1.29 is 19.1 Å². The molecule has 110 valence electrons. The zero-order chi connectivity index (χ0) is 15.4. The quantitative estimate of drug-likeness (QED) is 0.478. The van der Waals surface area contributed by atoms with Crippen LogP contribution in [0.5, 0.6) is 23.1 Å². The summed E-state index contributed by atoms with van der Waals surface area (Å²) in [7, 11) is 2.97. The van der Waals surface area contributed by atoms with Crippen LogP contribution >= 0.6 is 11.6 Å². The van der Waals surface area contributed by atoms with E-state index in [-0.39, 0.29) is 22.5 Å². The summed E-state index contributed by atoms with van der Waals surface area (Å²) in [5, 5.41) is 11.1. The second-order valence-corrected chi connectivity index (χ2v) is 4.25. The monoisotopic (exact) mass is 310 g/mol. The van der Waals surface area contributed by atoms with Crippen LogP contribution in [-0.4, -0.2) is 24.1 Å². The number of pyridine rings is 1. The lowest BCUT2D eigenvalue weighted by Crippen LogP contribution is -1.97. The molecule has 0 atom stereocenters. The second kappa shape index (κ2) is 6.27. The molecule has 1 heterocycles. The molecule has 1 aromatic heterocycles. The number of nitro groups is 1. The molecule has 0 N–H and O–H groups in total. The molecule has 0 bridgehead atoms. The number of benzene rings is 1. The maximum Gasteiger partial charge on any atom is 0.331 e. The van der Waals surface area contributed by atoms with Crippen LogP contribution in [0.2, 0.25) is 5.15 Å². The summed E-state index contributed by atoms with van der Waals surface area (Å²) < 4.78 is 15.6. The minimum Gasteiger partial charge on any atom is -0.496 e. The number of hydrogen-bond donors (Lipinski definition) is 0. The summed E-state index contributed by atoms with van der Waals surface area (Å²) in [4.78, 5) is 14.2. The van der Waals surface area contributed by atoms with E-state index in [1.165, 1.54) is 26.4 Å². The molecular formula is C13H11ClN2O5. The highest BCUT2D eigenvalue weighted by molar-refractivity contribution is 6.29. The van der Waals surface area contributed by atoms with Crippen LogP contribution in [0, 0.1) is 10.1 Å². The summed E-state index contributed by atoms with van der Waals surface area (Å²) >= 11 is 5.74. The van der Waals surface area contributed by atoms with Gasteiger partial charge in [-0.15, -0.1) is 0 Å². The zero-order valence-corrected chi connectivity index (χ0v) is 12.0. The van der Waals surface area contributed by atoms with Gasteiger partial charge in [-0.2, -0.15) is 4.98 Å². The summed E-state index contributed by atoms with van der Waals surface area (Å²) in [6, 6.07) is 7.29. The maximum absolute atomic E-state index is 11.0. The van der Waals surface area contributed by atoms with Crippen molar-refractivity contribution in [3.05, 3.63) is 45.6 Å². The fourth-order valence-electron chi connectivity index (χ4n) is 1.58. The topological polar surface area (TPSA) is 83.7 Å². The van der Waals surface area contributed by atoms with Gasteiger partial charge in [-0.25, -0.2) is 0 Å². The van der Waals surface area contributed by atoms with Crippen LogP contribution in [0.1, 0.15) is 0 Å². The predicted molar refractivity (Wildman–Crippen MR) is 75.5 cm³/mol. The molecule has 1 aromatic carbocycles. The average Bonchev–Trinajstić information content (AvgIpc) is 2.46. The van der Waals surface area contributed by atoms with Gasteiger partial charge in [-0.3, -0.25) is 10.1 Å². The van der Waals surface area contributed by atoms with Crippen LogP contribution in [-0.2, 0) is 0 Å². The van der Waals surface area contributed by atoms with Crippen molar-refractivity contribution >= 4 is 17.3 Å². The van der Waals surface area contributed by atoms with Crippen LogP contribution in [0.3, 0.4) is 0 Å². The lowest BCUT2D eigenvalue weighted by Gasteiger charge is -2.09. The van der Waals surface area contributed by atoms with Crippen LogP contribution in [0.25, 0.3) is 0 Å². The van der Waals surface area contributed by atoms with Gasteiger partial charge in [0, 0.05) is 24.3 Å². The largest absolute Gasteiger partial charge is 0.496 e. The summed E-state index contributed by atoms with van der Waals surface area (Å²) in [6.45, 7) is 0. The predicted octanol–water partition coefficient (Wildman–Crippen LogP) is 3.45. The first-order valence-electron chi connectivity index (χ1n) is 5.75. The van der Waals surface area contributed by atoms with E-state index >= 15 is 0 Å². The fraction of sp³-hybridized carbons (Fsp3) is 0.154. The molecule has 0 aliphatic rings. The van der Waals surface area contributed by atoms with Gasteiger partial charge in [0.05, 0.1) is 19.1 Å². The Bertz CT molecular complexity index is 655. The molecule has 7 nitrogen and oxygen atoms in total. The Labute approximate surface area is 125 Å². The van der Waals surface area contributed by atoms with Crippen molar-refractivity contribution in [1.82, 2.24) is 4.98 Å². The van der Waals surface area contributed by atoms with E-state index in [0.29, 0.717) is 11.5 Å². The van der Waals surface area contributed by atoms with Gasteiger partial charge in [-0.1, -0.05) is 11.6 Å². The first-order valence-corrected chi connectivity index (χ1v) is 6.13. The minimum absolute atomic E-state index is 0.0884. The SMILES string of the molecule is COc1cc(OC)cc(Oc2nc(Cl)ccc2[N+](=O)[O-])c1. The number of halogens is 1. The van der Waals surface area contributed by atoms with Gasteiger partial charge < -0.3 is 14.2 Å². The van der Waals surface area contributed by atoms with Gasteiger partial charge >= 0.3 is 11.6 Å². The highest BCUT2D eigenvalue weighted by Gasteiger charge is 2.18. The summed E-state index contributed by atoms with van der Waals surface area (Å²) in [5.74, 6) is 1.04. The molecule has 0 aliphatic carbocycles. The normalized spacial score (nSPS) is 10.0. The van der Waals surface area contributed by atoms with Crippen molar-refractivity contribution in [1.29, 1.82) is 0 Å². The van der Waals surface area contributed by atoms with Crippen molar-refractivity contribution in [2.24, 2.45) is 0 Å².